The topological polar surface area (TPSA) is 84.4 Å². The summed E-state index contributed by atoms with van der Waals surface area (Å²) < 4.78 is 5.63. The molecular weight excluding hydrogens is 308 g/mol. The van der Waals surface area contributed by atoms with Crippen LogP contribution in [-0.4, -0.2) is 59.0 Å². The van der Waals surface area contributed by atoms with Crippen LogP contribution in [0.15, 0.2) is 18.6 Å². The van der Waals surface area contributed by atoms with Crippen molar-refractivity contribution in [1.29, 1.82) is 0 Å². The number of hydrogen-bond donors (Lipinski definition) is 1. The Hall–Kier alpha value is -2.02. The summed E-state index contributed by atoms with van der Waals surface area (Å²) in [7, 11) is 0. The molecule has 2 amide bonds. The third-order valence-corrected chi connectivity index (χ3v) is 3.98. The van der Waals surface area contributed by atoms with E-state index in [-0.39, 0.29) is 24.3 Å². The number of carbonyl (C=O) groups excluding carboxylic acids is 2. The fourth-order valence-electron chi connectivity index (χ4n) is 2.61. The molecule has 1 aliphatic heterocycles. The number of aromatic nitrogens is 2. The molecule has 1 aliphatic rings. The van der Waals surface area contributed by atoms with Gasteiger partial charge >= 0.3 is 0 Å². The molecule has 0 aromatic carbocycles. The standard InChI is InChI=1S/C17H26N4O3/c1-2-3-7-20-16(22)6-10-21(13-14-5-4-11-24-14)17(23)15-12-18-8-9-19-15/h8-9,12,14H,2-7,10-11,13H2,1H3,(H,20,22)/t14-/m0/s1. The zero-order valence-corrected chi connectivity index (χ0v) is 14.2. The summed E-state index contributed by atoms with van der Waals surface area (Å²) in [5, 5.41) is 2.88. The van der Waals surface area contributed by atoms with Gasteiger partial charge in [0.05, 0.1) is 12.3 Å². The number of hydrogen-bond acceptors (Lipinski definition) is 5. The van der Waals surface area contributed by atoms with Crippen molar-refractivity contribution in [1.82, 2.24) is 20.2 Å². The maximum absolute atomic E-state index is 12.6. The van der Waals surface area contributed by atoms with E-state index in [0.29, 0.717) is 25.3 Å². The lowest BCUT2D eigenvalue weighted by atomic mass is 10.2. The number of amides is 2. The molecule has 1 N–H and O–H groups in total. The summed E-state index contributed by atoms with van der Waals surface area (Å²) in [6.07, 6.45) is 8.74. The summed E-state index contributed by atoms with van der Waals surface area (Å²) in [6.45, 7) is 4.33. The molecular formula is C17H26N4O3. The van der Waals surface area contributed by atoms with Crippen LogP contribution in [0.1, 0.15) is 49.5 Å². The van der Waals surface area contributed by atoms with Crippen LogP contribution >= 0.6 is 0 Å². The first-order valence-electron chi connectivity index (χ1n) is 8.64. The quantitative estimate of drug-likeness (QED) is 0.690. The minimum absolute atomic E-state index is 0.0345. The van der Waals surface area contributed by atoms with Crippen LogP contribution < -0.4 is 5.32 Å². The van der Waals surface area contributed by atoms with Crippen molar-refractivity contribution in [2.24, 2.45) is 0 Å². The normalized spacial score (nSPS) is 16.8. The Kier molecular flexibility index (Phi) is 7.61. The SMILES string of the molecule is CCCCNC(=O)CCN(C[C@@H]1CCCO1)C(=O)c1cnccn1. The second kappa shape index (κ2) is 9.97. The van der Waals surface area contributed by atoms with Crippen molar-refractivity contribution >= 4 is 11.8 Å². The molecule has 1 fully saturated rings. The Morgan fingerprint density at radius 1 is 1.42 bits per heavy atom. The summed E-state index contributed by atoms with van der Waals surface area (Å²) >= 11 is 0. The molecule has 1 saturated heterocycles. The lowest BCUT2D eigenvalue weighted by molar-refractivity contribution is -0.121. The Morgan fingerprint density at radius 2 is 2.29 bits per heavy atom. The van der Waals surface area contributed by atoms with Crippen LogP contribution in [0, 0.1) is 0 Å². The molecule has 7 nitrogen and oxygen atoms in total. The van der Waals surface area contributed by atoms with Gasteiger partial charge in [0.1, 0.15) is 5.69 Å². The third-order valence-electron chi connectivity index (χ3n) is 3.98. The van der Waals surface area contributed by atoms with Crippen molar-refractivity contribution in [3.8, 4) is 0 Å². The van der Waals surface area contributed by atoms with E-state index >= 15 is 0 Å². The average molecular weight is 334 g/mol. The number of carbonyl (C=O) groups is 2. The summed E-state index contributed by atoms with van der Waals surface area (Å²) in [6, 6.07) is 0. The number of unbranched alkanes of at least 4 members (excludes halogenated alkanes) is 1. The predicted molar refractivity (Wildman–Crippen MR) is 89.4 cm³/mol. The van der Waals surface area contributed by atoms with Gasteiger partial charge in [-0.1, -0.05) is 13.3 Å². The first kappa shape index (κ1) is 18.3. The van der Waals surface area contributed by atoms with Crippen molar-refractivity contribution in [3.63, 3.8) is 0 Å². The molecule has 0 saturated carbocycles. The molecule has 0 bridgehead atoms. The Balaban J connectivity index is 1.92. The summed E-state index contributed by atoms with van der Waals surface area (Å²) in [5.41, 5.74) is 0.293. The van der Waals surface area contributed by atoms with Crippen molar-refractivity contribution < 1.29 is 14.3 Å². The molecule has 2 heterocycles. The number of rotatable bonds is 9. The van der Waals surface area contributed by atoms with E-state index in [0.717, 1.165) is 32.3 Å². The molecule has 132 valence electrons. The average Bonchev–Trinajstić information content (AvgIpc) is 3.12. The third kappa shape index (κ3) is 5.88. The molecule has 0 aliphatic carbocycles. The lowest BCUT2D eigenvalue weighted by Gasteiger charge is -2.25. The Bertz CT molecular complexity index is 518. The van der Waals surface area contributed by atoms with Gasteiger partial charge in [0.2, 0.25) is 5.91 Å². The zero-order valence-electron chi connectivity index (χ0n) is 14.2. The monoisotopic (exact) mass is 334 g/mol. The van der Waals surface area contributed by atoms with Gasteiger partial charge < -0.3 is 15.0 Å². The smallest absolute Gasteiger partial charge is 0.274 e. The van der Waals surface area contributed by atoms with Gasteiger partial charge in [-0.2, -0.15) is 0 Å². The van der Waals surface area contributed by atoms with Gasteiger partial charge in [-0.3, -0.25) is 14.6 Å². The van der Waals surface area contributed by atoms with Crippen LogP contribution in [0.5, 0.6) is 0 Å². The van der Waals surface area contributed by atoms with E-state index < -0.39 is 0 Å². The zero-order chi connectivity index (χ0) is 17.2. The molecule has 1 aromatic rings. The van der Waals surface area contributed by atoms with Gasteiger partial charge in [-0.05, 0) is 19.3 Å². The van der Waals surface area contributed by atoms with Crippen molar-refractivity contribution in [2.45, 2.75) is 45.1 Å². The van der Waals surface area contributed by atoms with Gasteiger partial charge in [0, 0.05) is 45.1 Å². The van der Waals surface area contributed by atoms with Crippen molar-refractivity contribution in [3.05, 3.63) is 24.3 Å². The first-order valence-corrected chi connectivity index (χ1v) is 8.64. The molecule has 2 rings (SSSR count). The van der Waals surface area contributed by atoms with Gasteiger partial charge in [0.25, 0.3) is 5.91 Å². The maximum atomic E-state index is 12.6. The highest BCUT2D eigenvalue weighted by Gasteiger charge is 2.24. The minimum atomic E-state index is -0.208. The molecule has 0 unspecified atom stereocenters. The van der Waals surface area contributed by atoms with E-state index in [9.17, 15) is 9.59 Å². The van der Waals surface area contributed by atoms with Crippen LogP contribution in [0.4, 0.5) is 0 Å². The first-order chi connectivity index (χ1) is 11.7. The molecule has 7 heteroatoms. The van der Waals surface area contributed by atoms with Gasteiger partial charge in [-0.25, -0.2) is 4.98 Å². The van der Waals surface area contributed by atoms with Crippen LogP contribution in [-0.2, 0) is 9.53 Å². The second-order valence-electron chi connectivity index (χ2n) is 5.93. The van der Waals surface area contributed by atoms with E-state index in [1.54, 1.807) is 4.90 Å². The number of ether oxygens (including phenoxy) is 1. The van der Waals surface area contributed by atoms with Gasteiger partial charge in [-0.15, -0.1) is 0 Å². The van der Waals surface area contributed by atoms with Gasteiger partial charge in [0.15, 0.2) is 0 Å². The van der Waals surface area contributed by atoms with E-state index in [2.05, 4.69) is 22.2 Å². The largest absolute Gasteiger partial charge is 0.376 e. The number of nitrogens with one attached hydrogen (secondary N) is 1. The molecule has 1 atom stereocenters. The van der Waals surface area contributed by atoms with E-state index in [4.69, 9.17) is 4.74 Å². The van der Waals surface area contributed by atoms with Crippen LogP contribution in [0.3, 0.4) is 0 Å². The lowest BCUT2D eigenvalue weighted by Crippen LogP contribution is -2.40. The summed E-state index contributed by atoms with van der Waals surface area (Å²) in [5.74, 6) is -0.243. The highest BCUT2D eigenvalue weighted by atomic mass is 16.5. The fraction of sp³-hybridized carbons (Fsp3) is 0.647. The predicted octanol–water partition coefficient (Wildman–Crippen LogP) is 1.40. The molecule has 0 radical (unpaired) electrons. The summed E-state index contributed by atoms with van der Waals surface area (Å²) in [4.78, 5) is 34.2. The minimum Gasteiger partial charge on any atom is -0.376 e. The highest BCUT2D eigenvalue weighted by molar-refractivity contribution is 5.92. The Labute approximate surface area is 142 Å². The maximum Gasteiger partial charge on any atom is 0.274 e. The highest BCUT2D eigenvalue weighted by Crippen LogP contribution is 2.14. The van der Waals surface area contributed by atoms with Crippen molar-refractivity contribution in [2.75, 3.05) is 26.2 Å². The second-order valence-corrected chi connectivity index (χ2v) is 5.93. The number of nitrogens with zero attached hydrogens (tertiary/aromatic N) is 3. The van der Waals surface area contributed by atoms with Crippen LogP contribution in [0.2, 0.25) is 0 Å². The molecule has 24 heavy (non-hydrogen) atoms. The molecule has 1 aromatic heterocycles. The van der Waals surface area contributed by atoms with E-state index in [1.807, 2.05) is 0 Å². The Morgan fingerprint density at radius 3 is 2.96 bits per heavy atom. The fourth-order valence-corrected chi connectivity index (χ4v) is 2.61. The van der Waals surface area contributed by atoms with Crippen LogP contribution in [0.25, 0.3) is 0 Å². The molecule has 0 spiro atoms. The van der Waals surface area contributed by atoms with E-state index in [1.165, 1.54) is 18.6 Å².